The Balaban J connectivity index is 3.16. The van der Waals surface area contributed by atoms with Crippen LogP contribution in [0.1, 0.15) is 16.2 Å². The summed E-state index contributed by atoms with van der Waals surface area (Å²) in [6, 6.07) is 2.38. The van der Waals surface area contributed by atoms with E-state index in [0.29, 0.717) is 0 Å². The third-order valence-electron chi connectivity index (χ3n) is 2.08. The summed E-state index contributed by atoms with van der Waals surface area (Å²) in [5, 5.41) is 4.73. The van der Waals surface area contributed by atoms with Gasteiger partial charge in [0.1, 0.15) is 5.69 Å². The molecule has 0 aliphatic carbocycles. The van der Waals surface area contributed by atoms with Crippen molar-refractivity contribution < 1.29 is 18.0 Å². The molecule has 18 heavy (non-hydrogen) atoms. The standard InChI is InChI=1S/C10H13F3N4O/c1-15-9(18)7-3-2-6(16-5-4-14)8(17-7)10(11,12)13/h2-3,16H,4-5,14H2,1H3,(H,15,18). The summed E-state index contributed by atoms with van der Waals surface area (Å²) >= 11 is 0. The lowest BCUT2D eigenvalue weighted by atomic mass is 10.2. The Kier molecular flexibility index (Phi) is 4.49. The molecular formula is C10H13F3N4O. The van der Waals surface area contributed by atoms with Crippen LogP contribution in [-0.2, 0) is 6.18 Å². The van der Waals surface area contributed by atoms with Crippen LogP contribution in [0, 0.1) is 0 Å². The molecule has 0 spiro atoms. The number of nitrogens with zero attached hydrogens (tertiary/aromatic N) is 1. The number of pyridine rings is 1. The van der Waals surface area contributed by atoms with E-state index < -0.39 is 17.8 Å². The first-order chi connectivity index (χ1) is 8.40. The molecular weight excluding hydrogens is 249 g/mol. The number of aromatic nitrogens is 1. The second kappa shape index (κ2) is 5.67. The molecule has 0 unspecified atom stereocenters. The number of carbonyl (C=O) groups excluding carboxylic acids is 1. The highest BCUT2D eigenvalue weighted by atomic mass is 19.4. The first kappa shape index (κ1) is 14.2. The molecule has 1 rings (SSSR count). The van der Waals surface area contributed by atoms with Crippen molar-refractivity contribution in [2.45, 2.75) is 6.18 Å². The zero-order valence-corrected chi connectivity index (χ0v) is 9.64. The normalized spacial score (nSPS) is 11.2. The first-order valence-electron chi connectivity index (χ1n) is 5.14. The lowest BCUT2D eigenvalue weighted by Crippen LogP contribution is -2.23. The summed E-state index contributed by atoms with van der Waals surface area (Å²) in [6.07, 6.45) is -4.64. The molecule has 5 nitrogen and oxygen atoms in total. The number of halogens is 3. The van der Waals surface area contributed by atoms with Crippen LogP contribution in [0.5, 0.6) is 0 Å². The molecule has 1 aromatic heterocycles. The van der Waals surface area contributed by atoms with Crippen molar-refractivity contribution in [3.8, 4) is 0 Å². The molecule has 0 fully saturated rings. The van der Waals surface area contributed by atoms with Crippen LogP contribution >= 0.6 is 0 Å². The number of hydrogen-bond acceptors (Lipinski definition) is 4. The van der Waals surface area contributed by atoms with E-state index in [9.17, 15) is 18.0 Å². The molecule has 0 radical (unpaired) electrons. The van der Waals surface area contributed by atoms with Gasteiger partial charge in [-0.25, -0.2) is 4.98 Å². The number of rotatable bonds is 4. The highest BCUT2D eigenvalue weighted by molar-refractivity contribution is 5.92. The average Bonchev–Trinajstić information content (AvgIpc) is 2.34. The molecule has 1 aromatic rings. The number of anilines is 1. The molecule has 0 aliphatic rings. The zero-order chi connectivity index (χ0) is 13.8. The van der Waals surface area contributed by atoms with Gasteiger partial charge in [0.25, 0.3) is 5.91 Å². The predicted octanol–water partition coefficient (Wildman–Crippen LogP) is 0.831. The molecule has 0 aromatic carbocycles. The van der Waals surface area contributed by atoms with Crippen molar-refractivity contribution >= 4 is 11.6 Å². The quantitative estimate of drug-likeness (QED) is 0.751. The number of hydrogen-bond donors (Lipinski definition) is 3. The summed E-state index contributed by atoms with van der Waals surface area (Å²) in [6.45, 7) is 0.374. The van der Waals surface area contributed by atoms with Crippen molar-refractivity contribution in [2.75, 3.05) is 25.5 Å². The van der Waals surface area contributed by atoms with Crippen LogP contribution in [-0.4, -0.2) is 31.0 Å². The largest absolute Gasteiger partial charge is 0.435 e. The van der Waals surface area contributed by atoms with Gasteiger partial charge in [0.15, 0.2) is 5.69 Å². The Labute approximate surface area is 102 Å². The van der Waals surface area contributed by atoms with Gasteiger partial charge in [-0.1, -0.05) is 0 Å². The van der Waals surface area contributed by atoms with Gasteiger partial charge in [0.05, 0.1) is 5.69 Å². The SMILES string of the molecule is CNC(=O)c1ccc(NCCN)c(C(F)(F)F)n1. The second-order valence-electron chi connectivity index (χ2n) is 3.38. The van der Waals surface area contributed by atoms with Gasteiger partial charge in [-0.05, 0) is 12.1 Å². The highest BCUT2D eigenvalue weighted by Gasteiger charge is 2.36. The minimum absolute atomic E-state index is 0.185. The van der Waals surface area contributed by atoms with E-state index in [2.05, 4.69) is 15.6 Å². The Morgan fingerprint density at radius 1 is 1.44 bits per heavy atom. The molecule has 100 valence electrons. The fraction of sp³-hybridized carbons (Fsp3) is 0.400. The van der Waals surface area contributed by atoms with E-state index in [1.54, 1.807) is 0 Å². The number of amides is 1. The van der Waals surface area contributed by atoms with Crippen molar-refractivity contribution in [1.82, 2.24) is 10.3 Å². The van der Waals surface area contributed by atoms with Crippen LogP contribution in [0.15, 0.2) is 12.1 Å². The molecule has 0 bridgehead atoms. The van der Waals surface area contributed by atoms with E-state index in [4.69, 9.17) is 5.73 Å². The molecule has 1 amide bonds. The van der Waals surface area contributed by atoms with Crippen LogP contribution in [0.4, 0.5) is 18.9 Å². The van der Waals surface area contributed by atoms with Gasteiger partial charge < -0.3 is 16.4 Å². The van der Waals surface area contributed by atoms with Gasteiger partial charge >= 0.3 is 6.18 Å². The van der Waals surface area contributed by atoms with Crippen LogP contribution in [0.3, 0.4) is 0 Å². The molecule has 1 heterocycles. The topological polar surface area (TPSA) is 80.0 Å². The fourth-order valence-corrected chi connectivity index (χ4v) is 1.28. The molecule has 0 saturated heterocycles. The van der Waals surface area contributed by atoms with Crippen molar-refractivity contribution in [3.05, 3.63) is 23.5 Å². The lowest BCUT2D eigenvalue weighted by Gasteiger charge is -2.14. The monoisotopic (exact) mass is 262 g/mol. The maximum atomic E-state index is 12.8. The van der Waals surface area contributed by atoms with Gasteiger partial charge in [-0.15, -0.1) is 0 Å². The van der Waals surface area contributed by atoms with Crippen LogP contribution in [0.25, 0.3) is 0 Å². The Bertz CT molecular complexity index is 434. The maximum absolute atomic E-state index is 12.8. The van der Waals surface area contributed by atoms with Crippen LogP contribution in [0.2, 0.25) is 0 Å². The van der Waals surface area contributed by atoms with Gasteiger partial charge in [0.2, 0.25) is 0 Å². The molecule has 0 aliphatic heterocycles. The van der Waals surface area contributed by atoms with Crippen molar-refractivity contribution in [3.63, 3.8) is 0 Å². The smallest absolute Gasteiger partial charge is 0.382 e. The maximum Gasteiger partial charge on any atom is 0.435 e. The van der Waals surface area contributed by atoms with E-state index in [-0.39, 0.29) is 24.5 Å². The molecule has 8 heteroatoms. The van der Waals surface area contributed by atoms with E-state index in [1.807, 2.05) is 0 Å². The number of carbonyl (C=O) groups is 1. The number of nitrogens with one attached hydrogen (secondary N) is 2. The Morgan fingerprint density at radius 3 is 2.61 bits per heavy atom. The van der Waals surface area contributed by atoms with E-state index >= 15 is 0 Å². The predicted molar refractivity (Wildman–Crippen MR) is 60.2 cm³/mol. The molecule has 0 saturated carbocycles. The summed E-state index contributed by atoms with van der Waals surface area (Å²) in [5.74, 6) is -0.675. The lowest BCUT2D eigenvalue weighted by molar-refractivity contribution is -0.140. The fourth-order valence-electron chi connectivity index (χ4n) is 1.28. The van der Waals surface area contributed by atoms with Crippen molar-refractivity contribution in [2.24, 2.45) is 5.73 Å². The minimum Gasteiger partial charge on any atom is -0.382 e. The third kappa shape index (κ3) is 3.33. The number of nitrogens with two attached hydrogens (primary N) is 1. The average molecular weight is 262 g/mol. The zero-order valence-electron chi connectivity index (χ0n) is 9.64. The highest BCUT2D eigenvalue weighted by Crippen LogP contribution is 2.33. The summed E-state index contributed by atoms with van der Waals surface area (Å²) in [5.41, 5.74) is 3.60. The Morgan fingerprint density at radius 2 is 2.11 bits per heavy atom. The van der Waals surface area contributed by atoms with Crippen molar-refractivity contribution in [1.29, 1.82) is 0 Å². The minimum atomic E-state index is -4.64. The van der Waals surface area contributed by atoms with Gasteiger partial charge in [0, 0.05) is 20.1 Å². The summed E-state index contributed by atoms with van der Waals surface area (Å²) in [4.78, 5) is 14.6. The van der Waals surface area contributed by atoms with E-state index in [0.717, 1.165) is 6.07 Å². The van der Waals surface area contributed by atoms with Gasteiger partial charge in [-0.2, -0.15) is 13.2 Å². The summed E-state index contributed by atoms with van der Waals surface area (Å²) in [7, 11) is 1.32. The van der Waals surface area contributed by atoms with E-state index in [1.165, 1.54) is 13.1 Å². The Hall–Kier alpha value is -1.83. The third-order valence-corrected chi connectivity index (χ3v) is 2.08. The number of alkyl halides is 3. The molecule has 4 N–H and O–H groups in total. The summed E-state index contributed by atoms with van der Waals surface area (Å²) < 4.78 is 38.3. The second-order valence-corrected chi connectivity index (χ2v) is 3.38. The molecule has 0 atom stereocenters. The van der Waals surface area contributed by atoms with Gasteiger partial charge in [-0.3, -0.25) is 4.79 Å². The van der Waals surface area contributed by atoms with Crippen LogP contribution < -0.4 is 16.4 Å². The first-order valence-corrected chi connectivity index (χ1v) is 5.14.